The number of aromatic nitrogens is 3. The SMILES string of the molecule is Cc1ccc(C(C)C)cc1OCc1c(C)nc(-c2ncccc2C)nc1N1CCN(CC(N)=O)CC1. The molecule has 0 atom stereocenters. The molecule has 3 aromatic rings. The number of piperazine rings is 1. The monoisotopic (exact) mass is 488 g/mol. The summed E-state index contributed by atoms with van der Waals surface area (Å²) in [6, 6.07) is 10.3. The highest BCUT2D eigenvalue weighted by molar-refractivity contribution is 5.76. The zero-order chi connectivity index (χ0) is 25.8. The Balaban J connectivity index is 1.67. The van der Waals surface area contributed by atoms with Crippen molar-refractivity contribution in [3.8, 4) is 17.3 Å². The van der Waals surface area contributed by atoms with Crippen molar-refractivity contribution >= 4 is 11.7 Å². The van der Waals surface area contributed by atoms with Crippen LogP contribution in [0.3, 0.4) is 0 Å². The van der Waals surface area contributed by atoms with Crippen molar-refractivity contribution in [1.82, 2.24) is 19.9 Å². The molecular formula is C28H36N6O2. The number of rotatable bonds is 8. The van der Waals surface area contributed by atoms with E-state index in [4.69, 9.17) is 20.4 Å². The minimum absolute atomic E-state index is 0.274. The molecule has 36 heavy (non-hydrogen) atoms. The van der Waals surface area contributed by atoms with Gasteiger partial charge in [0.15, 0.2) is 5.82 Å². The number of nitrogens with two attached hydrogens (primary N) is 1. The number of pyridine rings is 1. The predicted octanol–water partition coefficient (Wildman–Crippen LogP) is 3.77. The summed E-state index contributed by atoms with van der Waals surface area (Å²) in [5.41, 5.74) is 11.4. The third-order valence-corrected chi connectivity index (χ3v) is 6.72. The van der Waals surface area contributed by atoms with E-state index in [-0.39, 0.29) is 12.5 Å². The molecule has 1 amide bonds. The molecule has 4 rings (SSSR count). The van der Waals surface area contributed by atoms with E-state index in [0.29, 0.717) is 18.3 Å². The number of anilines is 1. The van der Waals surface area contributed by atoms with Crippen molar-refractivity contribution in [2.75, 3.05) is 37.6 Å². The second-order valence-electron chi connectivity index (χ2n) is 9.80. The van der Waals surface area contributed by atoms with Crippen LogP contribution in [0, 0.1) is 20.8 Å². The molecule has 8 heteroatoms. The number of hydrogen-bond acceptors (Lipinski definition) is 7. The fourth-order valence-electron chi connectivity index (χ4n) is 4.46. The Morgan fingerprint density at radius 1 is 1.06 bits per heavy atom. The second kappa shape index (κ2) is 11.0. The number of benzene rings is 1. The number of primary amides is 1. The largest absolute Gasteiger partial charge is 0.488 e. The maximum atomic E-state index is 11.4. The summed E-state index contributed by atoms with van der Waals surface area (Å²) in [7, 11) is 0. The summed E-state index contributed by atoms with van der Waals surface area (Å²) in [4.78, 5) is 30.1. The number of carbonyl (C=O) groups is 1. The van der Waals surface area contributed by atoms with Crippen molar-refractivity contribution in [1.29, 1.82) is 0 Å². The van der Waals surface area contributed by atoms with Crippen molar-refractivity contribution in [3.63, 3.8) is 0 Å². The molecule has 1 aliphatic heterocycles. The second-order valence-corrected chi connectivity index (χ2v) is 9.80. The molecule has 8 nitrogen and oxygen atoms in total. The first-order chi connectivity index (χ1) is 17.2. The number of aryl methyl sites for hydroxylation is 3. The molecule has 0 spiro atoms. The van der Waals surface area contributed by atoms with Crippen LogP contribution in [0.1, 0.15) is 47.7 Å². The molecule has 2 N–H and O–H groups in total. The van der Waals surface area contributed by atoms with Crippen molar-refractivity contribution < 1.29 is 9.53 Å². The lowest BCUT2D eigenvalue weighted by molar-refractivity contribution is -0.119. The number of nitrogens with zero attached hydrogens (tertiary/aromatic N) is 5. The van der Waals surface area contributed by atoms with Gasteiger partial charge < -0.3 is 15.4 Å². The summed E-state index contributed by atoms with van der Waals surface area (Å²) >= 11 is 0. The average Bonchev–Trinajstić information content (AvgIpc) is 2.84. The number of carbonyl (C=O) groups excluding carboxylic acids is 1. The van der Waals surface area contributed by atoms with E-state index in [1.165, 1.54) is 5.56 Å². The standard InChI is InChI=1S/C28H36N6O2/c1-18(2)22-9-8-19(3)24(15-22)36-17-23-21(5)31-27(26-20(4)7-6-10-30-26)32-28(23)34-13-11-33(12-14-34)16-25(29)35/h6-10,15,18H,11-14,16-17H2,1-5H3,(H2,29,35). The number of ether oxygens (including phenoxy) is 1. The summed E-state index contributed by atoms with van der Waals surface area (Å²) in [6.07, 6.45) is 1.77. The predicted molar refractivity (Wildman–Crippen MR) is 142 cm³/mol. The minimum atomic E-state index is -0.303. The van der Waals surface area contributed by atoms with Crippen molar-refractivity contribution in [2.24, 2.45) is 5.73 Å². The Bertz CT molecular complexity index is 1230. The first kappa shape index (κ1) is 25.6. The van der Waals surface area contributed by atoms with E-state index in [9.17, 15) is 4.79 Å². The van der Waals surface area contributed by atoms with Crippen LogP contribution in [0.15, 0.2) is 36.5 Å². The van der Waals surface area contributed by atoms with Gasteiger partial charge in [-0.15, -0.1) is 0 Å². The van der Waals surface area contributed by atoms with Gasteiger partial charge in [-0.25, -0.2) is 9.97 Å². The highest BCUT2D eigenvalue weighted by Gasteiger charge is 2.24. The van der Waals surface area contributed by atoms with Crippen molar-refractivity contribution in [3.05, 3.63) is 64.5 Å². The van der Waals surface area contributed by atoms with Crippen molar-refractivity contribution in [2.45, 2.75) is 47.1 Å². The molecule has 1 saturated heterocycles. The van der Waals surface area contributed by atoms with Gasteiger partial charge in [-0.3, -0.25) is 14.7 Å². The summed E-state index contributed by atoms with van der Waals surface area (Å²) in [5.74, 6) is 2.47. The molecule has 2 aromatic heterocycles. The molecule has 0 unspecified atom stereocenters. The highest BCUT2D eigenvalue weighted by atomic mass is 16.5. The normalized spacial score (nSPS) is 14.3. The zero-order valence-electron chi connectivity index (χ0n) is 21.9. The molecular weight excluding hydrogens is 452 g/mol. The van der Waals surface area contributed by atoms with E-state index >= 15 is 0 Å². The molecule has 1 aromatic carbocycles. The smallest absolute Gasteiger partial charge is 0.231 e. The van der Waals surface area contributed by atoms with E-state index in [1.54, 1.807) is 6.20 Å². The summed E-state index contributed by atoms with van der Waals surface area (Å²) in [5, 5.41) is 0. The quantitative estimate of drug-likeness (QED) is 0.515. The zero-order valence-corrected chi connectivity index (χ0v) is 21.9. The fraction of sp³-hybridized carbons (Fsp3) is 0.429. The Morgan fingerprint density at radius 2 is 1.81 bits per heavy atom. The molecule has 3 heterocycles. The van der Waals surface area contributed by atoms with Crippen LogP contribution < -0.4 is 15.4 Å². The molecule has 0 radical (unpaired) electrons. The van der Waals surface area contributed by atoms with Crippen LogP contribution in [-0.4, -0.2) is 58.5 Å². The first-order valence-corrected chi connectivity index (χ1v) is 12.5. The molecule has 0 bridgehead atoms. The molecule has 1 aliphatic rings. The Morgan fingerprint density at radius 3 is 2.47 bits per heavy atom. The third-order valence-electron chi connectivity index (χ3n) is 6.72. The Labute approximate surface area is 213 Å². The lowest BCUT2D eigenvalue weighted by Gasteiger charge is -2.36. The van der Waals surface area contributed by atoms with Gasteiger partial charge in [0.05, 0.1) is 17.8 Å². The molecule has 0 saturated carbocycles. The minimum Gasteiger partial charge on any atom is -0.488 e. The molecule has 190 valence electrons. The summed E-state index contributed by atoms with van der Waals surface area (Å²) < 4.78 is 6.38. The highest BCUT2D eigenvalue weighted by Crippen LogP contribution is 2.30. The maximum absolute atomic E-state index is 11.4. The molecule has 1 fully saturated rings. The molecule has 0 aliphatic carbocycles. The lowest BCUT2D eigenvalue weighted by Crippen LogP contribution is -2.49. The van der Waals surface area contributed by atoms with E-state index in [1.807, 2.05) is 26.0 Å². The average molecular weight is 489 g/mol. The van der Waals surface area contributed by atoms with Gasteiger partial charge >= 0.3 is 0 Å². The summed E-state index contributed by atoms with van der Waals surface area (Å²) in [6.45, 7) is 14.0. The Kier molecular flexibility index (Phi) is 7.84. The van der Waals surface area contributed by atoms with Crippen LogP contribution in [0.4, 0.5) is 5.82 Å². The first-order valence-electron chi connectivity index (χ1n) is 12.5. The fourth-order valence-corrected chi connectivity index (χ4v) is 4.46. The maximum Gasteiger partial charge on any atom is 0.231 e. The van der Waals surface area contributed by atoms with Crippen LogP contribution in [0.5, 0.6) is 5.75 Å². The van der Waals surface area contributed by atoms with Gasteiger partial charge in [0, 0.05) is 32.4 Å². The van der Waals surface area contributed by atoms with Gasteiger partial charge in [-0.1, -0.05) is 32.0 Å². The number of hydrogen-bond donors (Lipinski definition) is 1. The topological polar surface area (TPSA) is 97.5 Å². The number of amides is 1. The van der Waals surface area contributed by atoms with Gasteiger partial charge in [-0.2, -0.15) is 0 Å². The third kappa shape index (κ3) is 5.82. The van der Waals surface area contributed by atoms with Gasteiger partial charge in [0.25, 0.3) is 0 Å². The lowest BCUT2D eigenvalue weighted by atomic mass is 10.0. The van der Waals surface area contributed by atoms with Gasteiger partial charge in [0.2, 0.25) is 5.91 Å². The van der Waals surface area contributed by atoms with E-state index in [0.717, 1.165) is 65.8 Å². The van der Waals surface area contributed by atoms with Gasteiger partial charge in [0.1, 0.15) is 23.9 Å². The van der Waals surface area contributed by atoms with Crippen LogP contribution in [0.2, 0.25) is 0 Å². The van der Waals surface area contributed by atoms with E-state index < -0.39 is 0 Å². The van der Waals surface area contributed by atoms with Crippen LogP contribution in [0.25, 0.3) is 11.5 Å². The van der Waals surface area contributed by atoms with Crippen LogP contribution in [-0.2, 0) is 11.4 Å². The Hall–Kier alpha value is -3.52. The van der Waals surface area contributed by atoms with Gasteiger partial charge in [-0.05, 0) is 55.5 Å². The van der Waals surface area contributed by atoms with Crippen LogP contribution >= 0.6 is 0 Å². The van der Waals surface area contributed by atoms with E-state index in [2.05, 4.69) is 53.8 Å².